The lowest BCUT2D eigenvalue weighted by molar-refractivity contribution is 0.933. The van der Waals surface area contributed by atoms with Gasteiger partial charge >= 0.3 is 0 Å². The van der Waals surface area contributed by atoms with Gasteiger partial charge in [-0.15, -0.1) is 10.2 Å². The summed E-state index contributed by atoms with van der Waals surface area (Å²) < 4.78 is 0. The van der Waals surface area contributed by atoms with Crippen LogP contribution in [0.15, 0.2) is 22.2 Å². The molecule has 6 nitrogen and oxygen atoms in total. The molecule has 0 aliphatic rings. The van der Waals surface area contributed by atoms with Gasteiger partial charge in [0.15, 0.2) is 5.16 Å². The highest BCUT2D eigenvalue weighted by molar-refractivity contribution is 7.98. The third-order valence-corrected chi connectivity index (χ3v) is 3.94. The minimum atomic E-state index is -0.143. The standard InChI is InChI=1S/C10H13N5OS2/c1-2-4-11-10-15-14-8(18-10)6-17-9-12-5-3-7(16)13-9/h3,5H,2,4,6H2,1H3,(H,11,15)(H,12,13,16). The molecule has 0 aliphatic carbocycles. The Hall–Kier alpha value is -1.41. The molecule has 18 heavy (non-hydrogen) atoms. The van der Waals surface area contributed by atoms with Crippen molar-refractivity contribution in [3.8, 4) is 0 Å². The smallest absolute Gasteiger partial charge is 0.251 e. The molecule has 2 heterocycles. The molecule has 0 aromatic carbocycles. The summed E-state index contributed by atoms with van der Waals surface area (Å²) in [5, 5.41) is 13.6. The maximum absolute atomic E-state index is 11.1. The fraction of sp³-hybridized carbons (Fsp3) is 0.400. The molecule has 8 heteroatoms. The zero-order valence-corrected chi connectivity index (χ0v) is 11.5. The van der Waals surface area contributed by atoms with Crippen molar-refractivity contribution in [2.75, 3.05) is 11.9 Å². The molecule has 0 amide bonds. The number of nitrogens with zero attached hydrogens (tertiary/aromatic N) is 3. The summed E-state index contributed by atoms with van der Waals surface area (Å²) in [5.74, 6) is 0.651. The lowest BCUT2D eigenvalue weighted by Gasteiger charge is -1.96. The Kier molecular flexibility index (Phi) is 4.71. The maximum Gasteiger partial charge on any atom is 0.251 e. The van der Waals surface area contributed by atoms with Crippen LogP contribution < -0.4 is 10.9 Å². The first-order valence-corrected chi connectivity index (χ1v) is 7.32. The Morgan fingerprint density at radius 3 is 3.17 bits per heavy atom. The van der Waals surface area contributed by atoms with E-state index >= 15 is 0 Å². The van der Waals surface area contributed by atoms with E-state index in [0.717, 1.165) is 23.1 Å². The second kappa shape index (κ2) is 6.50. The number of aromatic amines is 1. The Morgan fingerprint density at radius 2 is 2.39 bits per heavy atom. The predicted molar refractivity (Wildman–Crippen MR) is 73.1 cm³/mol. The van der Waals surface area contributed by atoms with Gasteiger partial charge in [-0.05, 0) is 6.42 Å². The van der Waals surface area contributed by atoms with E-state index in [1.54, 1.807) is 0 Å². The highest BCUT2D eigenvalue weighted by Crippen LogP contribution is 2.22. The fourth-order valence-electron chi connectivity index (χ4n) is 1.17. The summed E-state index contributed by atoms with van der Waals surface area (Å²) in [4.78, 5) is 17.8. The van der Waals surface area contributed by atoms with Gasteiger partial charge in [0, 0.05) is 18.8 Å². The van der Waals surface area contributed by atoms with E-state index in [0.29, 0.717) is 10.9 Å². The van der Waals surface area contributed by atoms with Gasteiger partial charge in [-0.2, -0.15) is 0 Å². The zero-order chi connectivity index (χ0) is 12.8. The van der Waals surface area contributed by atoms with Gasteiger partial charge in [0.2, 0.25) is 5.13 Å². The van der Waals surface area contributed by atoms with Crippen molar-refractivity contribution in [2.24, 2.45) is 0 Å². The van der Waals surface area contributed by atoms with E-state index in [9.17, 15) is 4.79 Å². The Labute approximate surface area is 112 Å². The van der Waals surface area contributed by atoms with E-state index < -0.39 is 0 Å². The van der Waals surface area contributed by atoms with Gasteiger partial charge in [0.05, 0.1) is 5.75 Å². The highest BCUT2D eigenvalue weighted by Gasteiger charge is 2.05. The van der Waals surface area contributed by atoms with Crippen molar-refractivity contribution < 1.29 is 0 Å². The number of aromatic nitrogens is 4. The quantitative estimate of drug-likeness (QED) is 0.620. The van der Waals surface area contributed by atoms with E-state index in [1.165, 1.54) is 35.4 Å². The summed E-state index contributed by atoms with van der Waals surface area (Å²) in [7, 11) is 0. The molecule has 0 aliphatic heterocycles. The molecule has 0 saturated heterocycles. The summed E-state index contributed by atoms with van der Waals surface area (Å²) >= 11 is 2.96. The summed E-state index contributed by atoms with van der Waals surface area (Å²) in [6.07, 6.45) is 2.55. The Bertz CT molecular complexity index is 553. The predicted octanol–water partition coefficient (Wildman–Crippen LogP) is 1.74. The van der Waals surface area contributed by atoms with Crippen LogP contribution in [0, 0.1) is 0 Å². The normalized spacial score (nSPS) is 10.5. The average molecular weight is 283 g/mol. The first-order chi connectivity index (χ1) is 8.78. The Morgan fingerprint density at radius 1 is 1.50 bits per heavy atom. The van der Waals surface area contributed by atoms with Crippen LogP contribution in [0.3, 0.4) is 0 Å². The molecular weight excluding hydrogens is 270 g/mol. The van der Waals surface area contributed by atoms with Crippen molar-refractivity contribution >= 4 is 28.2 Å². The molecule has 0 saturated carbocycles. The molecule has 0 atom stereocenters. The van der Waals surface area contributed by atoms with Gasteiger partial charge in [0.25, 0.3) is 5.56 Å². The van der Waals surface area contributed by atoms with Crippen LogP contribution in [0.4, 0.5) is 5.13 Å². The van der Waals surface area contributed by atoms with Crippen LogP contribution in [0.2, 0.25) is 0 Å². The van der Waals surface area contributed by atoms with Gasteiger partial charge < -0.3 is 10.3 Å². The SMILES string of the molecule is CCCNc1nnc(CSc2nccc(=O)[nH]2)s1. The van der Waals surface area contributed by atoms with Crippen molar-refractivity contribution in [2.45, 2.75) is 24.3 Å². The second-order valence-corrected chi connectivity index (χ2v) is 5.48. The van der Waals surface area contributed by atoms with Crippen LogP contribution in [-0.2, 0) is 5.75 Å². The van der Waals surface area contributed by atoms with Crippen molar-refractivity contribution in [3.05, 3.63) is 27.6 Å². The molecule has 96 valence electrons. The van der Waals surface area contributed by atoms with Gasteiger partial charge in [0.1, 0.15) is 5.01 Å². The first-order valence-electron chi connectivity index (χ1n) is 5.52. The summed E-state index contributed by atoms with van der Waals surface area (Å²) in [5.41, 5.74) is -0.143. The van der Waals surface area contributed by atoms with E-state index in [2.05, 4.69) is 32.4 Å². The number of H-pyrrole nitrogens is 1. The van der Waals surface area contributed by atoms with Gasteiger partial charge in [-0.25, -0.2) is 4.98 Å². The molecule has 2 rings (SSSR count). The number of anilines is 1. The largest absolute Gasteiger partial charge is 0.360 e. The van der Waals surface area contributed by atoms with E-state index in [-0.39, 0.29) is 5.56 Å². The van der Waals surface area contributed by atoms with Gasteiger partial charge in [-0.1, -0.05) is 30.0 Å². The molecule has 0 spiro atoms. The minimum Gasteiger partial charge on any atom is -0.360 e. The molecule has 0 bridgehead atoms. The molecule has 2 aromatic heterocycles. The number of thioether (sulfide) groups is 1. The molecule has 0 fully saturated rings. The number of nitrogens with one attached hydrogen (secondary N) is 2. The van der Waals surface area contributed by atoms with Crippen LogP contribution >= 0.6 is 23.1 Å². The third kappa shape index (κ3) is 3.81. The molecule has 2 aromatic rings. The van der Waals surface area contributed by atoms with Crippen LogP contribution in [0.5, 0.6) is 0 Å². The molecule has 0 radical (unpaired) electrons. The van der Waals surface area contributed by atoms with Crippen molar-refractivity contribution in [1.29, 1.82) is 0 Å². The van der Waals surface area contributed by atoms with Crippen molar-refractivity contribution in [1.82, 2.24) is 20.2 Å². The maximum atomic E-state index is 11.1. The van der Waals surface area contributed by atoms with E-state index in [4.69, 9.17) is 0 Å². The topological polar surface area (TPSA) is 83.6 Å². The first kappa shape index (κ1) is 13.0. The molecular formula is C10H13N5OS2. The monoisotopic (exact) mass is 283 g/mol. The van der Waals surface area contributed by atoms with Gasteiger partial charge in [-0.3, -0.25) is 4.79 Å². The van der Waals surface area contributed by atoms with E-state index in [1.807, 2.05) is 0 Å². The summed E-state index contributed by atoms with van der Waals surface area (Å²) in [6, 6.07) is 1.39. The third-order valence-electron chi connectivity index (χ3n) is 1.97. The number of hydrogen-bond donors (Lipinski definition) is 2. The van der Waals surface area contributed by atoms with Crippen LogP contribution in [0.1, 0.15) is 18.4 Å². The number of hydrogen-bond acceptors (Lipinski definition) is 7. The minimum absolute atomic E-state index is 0.143. The summed E-state index contributed by atoms with van der Waals surface area (Å²) in [6.45, 7) is 3.00. The lowest BCUT2D eigenvalue weighted by Crippen LogP contribution is -2.05. The Balaban J connectivity index is 1.90. The van der Waals surface area contributed by atoms with Crippen molar-refractivity contribution in [3.63, 3.8) is 0 Å². The van der Waals surface area contributed by atoms with Crippen LogP contribution in [-0.4, -0.2) is 26.7 Å². The highest BCUT2D eigenvalue weighted by atomic mass is 32.2. The molecule has 2 N–H and O–H groups in total. The lowest BCUT2D eigenvalue weighted by atomic mass is 10.5. The number of rotatable bonds is 6. The zero-order valence-electron chi connectivity index (χ0n) is 9.84. The fourth-order valence-corrected chi connectivity index (χ4v) is 2.77. The second-order valence-electron chi connectivity index (χ2n) is 3.46. The van der Waals surface area contributed by atoms with Crippen LogP contribution in [0.25, 0.3) is 0 Å². The average Bonchev–Trinajstić information content (AvgIpc) is 2.82. The molecule has 0 unspecified atom stereocenters.